The zero-order valence-electron chi connectivity index (χ0n) is 10.7. The van der Waals surface area contributed by atoms with Crippen LogP contribution in [-0.4, -0.2) is 33.6 Å². The Morgan fingerprint density at radius 3 is 2.84 bits per heavy atom. The number of likely N-dealkylation sites (tertiary alicyclic amines) is 1. The van der Waals surface area contributed by atoms with E-state index in [1.807, 2.05) is 6.07 Å². The molecule has 1 saturated heterocycles. The van der Waals surface area contributed by atoms with Gasteiger partial charge in [-0.2, -0.15) is 0 Å². The molecule has 5 heteroatoms. The second kappa shape index (κ2) is 4.21. The molecule has 0 bridgehead atoms. The predicted molar refractivity (Wildman–Crippen MR) is 80.1 cm³/mol. The molecule has 0 spiro atoms. The second-order valence-corrected chi connectivity index (χ2v) is 6.56. The summed E-state index contributed by atoms with van der Waals surface area (Å²) in [5.41, 5.74) is 8.28. The molecule has 1 atom stereocenters. The normalized spacial score (nSPS) is 24.4. The van der Waals surface area contributed by atoms with Gasteiger partial charge in [0.2, 0.25) is 5.95 Å². The number of nitrogen functional groups attached to an aromatic ring is 1. The minimum Gasteiger partial charge on any atom is -0.369 e. The van der Waals surface area contributed by atoms with Gasteiger partial charge in [-0.15, -0.1) is 0 Å². The molecule has 1 aromatic heterocycles. The van der Waals surface area contributed by atoms with Crippen molar-refractivity contribution in [3.05, 3.63) is 22.7 Å². The van der Waals surface area contributed by atoms with Crippen molar-refractivity contribution in [1.82, 2.24) is 14.5 Å². The molecule has 4 rings (SSSR count). The smallest absolute Gasteiger partial charge is 0.201 e. The largest absolute Gasteiger partial charge is 0.369 e. The van der Waals surface area contributed by atoms with E-state index in [0.29, 0.717) is 12.0 Å². The molecule has 2 fully saturated rings. The third kappa shape index (κ3) is 1.96. The number of aromatic nitrogens is 2. The third-order valence-corrected chi connectivity index (χ3v) is 4.80. The number of fused-ring (bicyclic) bond motifs is 1. The third-order valence-electron chi connectivity index (χ3n) is 4.30. The van der Waals surface area contributed by atoms with Crippen molar-refractivity contribution in [1.29, 1.82) is 0 Å². The molecule has 4 nitrogen and oxygen atoms in total. The number of imidazole rings is 1. The number of nitrogens with zero attached hydrogens (tertiary/aromatic N) is 3. The molecular weight excluding hydrogens is 304 g/mol. The van der Waals surface area contributed by atoms with Gasteiger partial charge in [0.25, 0.3) is 0 Å². The van der Waals surface area contributed by atoms with Crippen LogP contribution in [0.3, 0.4) is 0 Å². The summed E-state index contributed by atoms with van der Waals surface area (Å²) in [6.45, 7) is 2.32. The van der Waals surface area contributed by atoms with Crippen LogP contribution in [0.4, 0.5) is 5.95 Å². The van der Waals surface area contributed by atoms with Gasteiger partial charge in [-0.05, 0) is 37.5 Å². The molecule has 2 heterocycles. The summed E-state index contributed by atoms with van der Waals surface area (Å²) in [4.78, 5) is 7.10. The average Bonchev–Trinajstić information content (AvgIpc) is 3.02. The van der Waals surface area contributed by atoms with Crippen LogP contribution in [0.5, 0.6) is 0 Å². The van der Waals surface area contributed by atoms with Gasteiger partial charge in [0.05, 0.1) is 17.1 Å². The first-order valence-corrected chi connectivity index (χ1v) is 7.68. The zero-order valence-corrected chi connectivity index (χ0v) is 12.3. The van der Waals surface area contributed by atoms with E-state index in [0.717, 1.165) is 28.1 Å². The van der Waals surface area contributed by atoms with Crippen molar-refractivity contribution < 1.29 is 0 Å². The Morgan fingerprint density at radius 1 is 1.21 bits per heavy atom. The first-order valence-electron chi connectivity index (χ1n) is 6.89. The highest BCUT2D eigenvalue weighted by molar-refractivity contribution is 9.10. The monoisotopic (exact) mass is 320 g/mol. The van der Waals surface area contributed by atoms with Gasteiger partial charge in [0.15, 0.2) is 0 Å². The van der Waals surface area contributed by atoms with Crippen molar-refractivity contribution in [3.63, 3.8) is 0 Å². The minimum absolute atomic E-state index is 0.478. The van der Waals surface area contributed by atoms with Crippen LogP contribution in [0, 0.1) is 0 Å². The lowest BCUT2D eigenvalue weighted by Crippen LogP contribution is -2.24. The predicted octanol–water partition coefficient (Wildman–Crippen LogP) is 2.79. The highest BCUT2D eigenvalue weighted by Crippen LogP contribution is 2.36. The quantitative estimate of drug-likeness (QED) is 0.925. The van der Waals surface area contributed by atoms with Crippen LogP contribution >= 0.6 is 15.9 Å². The summed E-state index contributed by atoms with van der Waals surface area (Å²) in [6.07, 6.45) is 3.93. The number of nitrogens with two attached hydrogens (primary N) is 1. The van der Waals surface area contributed by atoms with Crippen LogP contribution in [0.2, 0.25) is 0 Å². The molecule has 0 amide bonds. The molecule has 1 aliphatic heterocycles. The molecule has 2 N–H and O–H groups in total. The van der Waals surface area contributed by atoms with Crippen LogP contribution in [0.1, 0.15) is 25.3 Å². The fourth-order valence-corrected chi connectivity index (χ4v) is 3.57. The number of benzene rings is 1. The second-order valence-electron chi connectivity index (χ2n) is 5.64. The van der Waals surface area contributed by atoms with Crippen LogP contribution in [0.25, 0.3) is 11.0 Å². The maximum absolute atomic E-state index is 6.14. The highest BCUT2D eigenvalue weighted by Gasteiger charge is 2.35. The molecule has 19 heavy (non-hydrogen) atoms. The molecule has 1 saturated carbocycles. The number of hydrogen-bond acceptors (Lipinski definition) is 3. The number of hydrogen-bond donors (Lipinski definition) is 1. The summed E-state index contributed by atoms with van der Waals surface area (Å²) < 4.78 is 3.28. The molecular formula is C14H17BrN4. The lowest BCUT2D eigenvalue weighted by Gasteiger charge is -2.17. The number of rotatable bonds is 2. The van der Waals surface area contributed by atoms with E-state index in [2.05, 4.69) is 42.5 Å². The van der Waals surface area contributed by atoms with Gasteiger partial charge in [0.1, 0.15) is 0 Å². The molecule has 2 aliphatic rings. The molecule has 100 valence electrons. The topological polar surface area (TPSA) is 47.1 Å². The van der Waals surface area contributed by atoms with Crippen LogP contribution in [-0.2, 0) is 0 Å². The summed E-state index contributed by atoms with van der Waals surface area (Å²) in [5, 5.41) is 0. The average molecular weight is 321 g/mol. The summed E-state index contributed by atoms with van der Waals surface area (Å²) >= 11 is 3.49. The Bertz CT molecular complexity index is 632. The van der Waals surface area contributed by atoms with E-state index in [4.69, 9.17) is 5.73 Å². The molecule has 0 radical (unpaired) electrons. The maximum Gasteiger partial charge on any atom is 0.201 e. The molecule has 1 aliphatic carbocycles. The van der Waals surface area contributed by atoms with E-state index in [1.165, 1.54) is 25.8 Å². The van der Waals surface area contributed by atoms with E-state index in [9.17, 15) is 0 Å². The SMILES string of the molecule is Nc1nc2cc(Br)ccc2n1C1CCN(C2CC2)C1. The molecule has 1 unspecified atom stereocenters. The summed E-state index contributed by atoms with van der Waals surface area (Å²) in [5.74, 6) is 0.649. The molecule has 1 aromatic carbocycles. The van der Waals surface area contributed by atoms with Crippen LogP contribution in [0.15, 0.2) is 22.7 Å². The molecule has 2 aromatic rings. The number of halogens is 1. The van der Waals surface area contributed by atoms with Crippen LogP contribution < -0.4 is 5.73 Å². The number of anilines is 1. The van der Waals surface area contributed by atoms with Crippen molar-refractivity contribution >= 4 is 32.9 Å². The lowest BCUT2D eigenvalue weighted by atomic mass is 10.2. The minimum atomic E-state index is 0.478. The lowest BCUT2D eigenvalue weighted by molar-refractivity contribution is 0.315. The Hall–Kier alpha value is -1.07. The van der Waals surface area contributed by atoms with Crippen molar-refractivity contribution in [2.24, 2.45) is 0 Å². The van der Waals surface area contributed by atoms with Crippen molar-refractivity contribution in [2.45, 2.75) is 31.3 Å². The fraction of sp³-hybridized carbons (Fsp3) is 0.500. The summed E-state index contributed by atoms with van der Waals surface area (Å²) in [7, 11) is 0. The first-order chi connectivity index (χ1) is 9.22. The maximum atomic E-state index is 6.14. The van der Waals surface area contributed by atoms with Gasteiger partial charge < -0.3 is 10.3 Å². The zero-order chi connectivity index (χ0) is 13.0. The Kier molecular flexibility index (Phi) is 2.60. The standard InChI is InChI=1S/C14H17BrN4/c15-9-1-4-13-12(7-9)17-14(16)19(13)11-5-6-18(8-11)10-2-3-10/h1,4,7,10-11H,2-3,5-6,8H2,(H2,16,17). The highest BCUT2D eigenvalue weighted by atomic mass is 79.9. The van der Waals surface area contributed by atoms with Gasteiger partial charge in [-0.25, -0.2) is 4.98 Å². The van der Waals surface area contributed by atoms with E-state index in [-0.39, 0.29) is 0 Å². The van der Waals surface area contributed by atoms with Gasteiger partial charge in [-0.3, -0.25) is 4.90 Å². The van der Waals surface area contributed by atoms with E-state index >= 15 is 0 Å². The van der Waals surface area contributed by atoms with Crippen molar-refractivity contribution in [3.8, 4) is 0 Å². The van der Waals surface area contributed by atoms with E-state index in [1.54, 1.807) is 0 Å². The van der Waals surface area contributed by atoms with E-state index < -0.39 is 0 Å². The van der Waals surface area contributed by atoms with Crippen molar-refractivity contribution in [2.75, 3.05) is 18.8 Å². The first kappa shape index (κ1) is 11.7. The van der Waals surface area contributed by atoms with Gasteiger partial charge in [-0.1, -0.05) is 15.9 Å². The Morgan fingerprint density at radius 2 is 2.05 bits per heavy atom. The summed E-state index contributed by atoms with van der Waals surface area (Å²) in [6, 6.07) is 7.54. The van der Waals surface area contributed by atoms with Gasteiger partial charge >= 0.3 is 0 Å². The Balaban J connectivity index is 1.72. The fourth-order valence-electron chi connectivity index (χ4n) is 3.22. The van der Waals surface area contributed by atoms with Gasteiger partial charge in [0, 0.05) is 23.6 Å². The Labute approximate surface area is 120 Å².